The summed E-state index contributed by atoms with van der Waals surface area (Å²) < 4.78 is 5.25. The van der Waals surface area contributed by atoms with Gasteiger partial charge in [-0.15, -0.1) is 0 Å². The number of methoxy groups -OCH3 is 1. The molecule has 1 fully saturated rings. The summed E-state index contributed by atoms with van der Waals surface area (Å²) in [5, 5.41) is 7.07. The zero-order valence-corrected chi connectivity index (χ0v) is 11.4. The lowest BCUT2D eigenvalue weighted by Gasteiger charge is -2.27. The largest absolute Gasteiger partial charge is 0.382 e. The number of hydrogen-bond donors (Lipinski definition) is 0. The lowest BCUT2D eigenvalue weighted by Crippen LogP contribution is -2.32. The molecule has 0 aromatic rings. The third-order valence-electron chi connectivity index (χ3n) is 3.15. The fourth-order valence-corrected chi connectivity index (χ4v) is 2.22. The van der Waals surface area contributed by atoms with Gasteiger partial charge >= 0.3 is 0 Å². The maximum Gasteiger partial charge on any atom is 0.0704 e. The van der Waals surface area contributed by atoms with Gasteiger partial charge in [-0.1, -0.05) is 27.7 Å². The Kier molecular flexibility index (Phi) is 4.78. The van der Waals surface area contributed by atoms with Gasteiger partial charge in [0, 0.05) is 24.8 Å². The van der Waals surface area contributed by atoms with E-state index in [0.717, 1.165) is 19.6 Å². The van der Waals surface area contributed by atoms with Crippen molar-refractivity contribution in [2.24, 2.45) is 10.5 Å². The lowest BCUT2D eigenvalue weighted by atomic mass is 9.88. The molecule has 0 aromatic heterocycles. The van der Waals surface area contributed by atoms with Gasteiger partial charge in [0.05, 0.1) is 12.6 Å². The standard InChI is InChI=1S/C13H26N2O/c1-6-12(13(2,3)4)14-15-9-7-8-11(15)10-16-5/h11H,6-10H2,1-5H3/b14-12-/t11-/m0/s1. The molecule has 16 heavy (non-hydrogen) atoms. The molecule has 0 saturated carbocycles. The fourth-order valence-electron chi connectivity index (χ4n) is 2.22. The van der Waals surface area contributed by atoms with E-state index in [-0.39, 0.29) is 5.41 Å². The second-order valence-corrected chi connectivity index (χ2v) is 5.56. The van der Waals surface area contributed by atoms with Crippen LogP contribution in [0.3, 0.4) is 0 Å². The molecule has 1 saturated heterocycles. The SMILES string of the molecule is CC/C(=N/N1CCC[C@H]1COC)C(C)(C)C. The van der Waals surface area contributed by atoms with E-state index in [4.69, 9.17) is 9.84 Å². The van der Waals surface area contributed by atoms with E-state index in [9.17, 15) is 0 Å². The van der Waals surface area contributed by atoms with Gasteiger partial charge < -0.3 is 4.74 Å². The van der Waals surface area contributed by atoms with Crippen LogP contribution < -0.4 is 0 Å². The van der Waals surface area contributed by atoms with E-state index in [0.29, 0.717) is 6.04 Å². The van der Waals surface area contributed by atoms with Crippen LogP contribution in [-0.4, -0.2) is 37.0 Å². The van der Waals surface area contributed by atoms with Crippen LogP contribution in [0, 0.1) is 5.41 Å². The van der Waals surface area contributed by atoms with Crippen LogP contribution in [0.2, 0.25) is 0 Å². The Morgan fingerprint density at radius 1 is 1.44 bits per heavy atom. The zero-order valence-electron chi connectivity index (χ0n) is 11.4. The van der Waals surface area contributed by atoms with Gasteiger partial charge in [0.2, 0.25) is 0 Å². The Morgan fingerprint density at radius 3 is 2.62 bits per heavy atom. The molecule has 0 aliphatic carbocycles. The molecule has 0 radical (unpaired) electrons. The van der Waals surface area contributed by atoms with E-state index < -0.39 is 0 Å². The van der Waals surface area contributed by atoms with Crippen molar-refractivity contribution >= 4 is 5.71 Å². The predicted octanol–water partition coefficient (Wildman–Crippen LogP) is 2.91. The van der Waals surface area contributed by atoms with Crippen LogP contribution in [0.15, 0.2) is 5.10 Å². The monoisotopic (exact) mass is 226 g/mol. The van der Waals surface area contributed by atoms with Crippen LogP contribution in [-0.2, 0) is 4.74 Å². The molecule has 0 N–H and O–H groups in total. The molecule has 1 aliphatic heterocycles. The number of rotatable bonds is 4. The molecular weight excluding hydrogens is 200 g/mol. The van der Waals surface area contributed by atoms with Crippen molar-refractivity contribution in [1.82, 2.24) is 5.01 Å². The summed E-state index contributed by atoms with van der Waals surface area (Å²) in [4.78, 5) is 0. The molecule has 0 amide bonds. The second kappa shape index (κ2) is 5.67. The van der Waals surface area contributed by atoms with Crippen molar-refractivity contribution in [1.29, 1.82) is 0 Å². The van der Waals surface area contributed by atoms with Crippen molar-refractivity contribution in [2.45, 2.75) is 53.0 Å². The Bertz CT molecular complexity index is 243. The highest BCUT2D eigenvalue weighted by molar-refractivity contribution is 5.88. The molecule has 0 bridgehead atoms. The van der Waals surface area contributed by atoms with Crippen LogP contribution >= 0.6 is 0 Å². The highest BCUT2D eigenvalue weighted by Gasteiger charge is 2.25. The Hall–Kier alpha value is -0.570. The number of hydrogen-bond acceptors (Lipinski definition) is 3. The number of ether oxygens (including phenoxy) is 1. The summed E-state index contributed by atoms with van der Waals surface area (Å²) in [7, 11) is 1.77. The highest BCUT2D eigenvalue weighted by atomic mass is 16.5. The summed E-state index contributed by atoms with van der Waals surface area (Å²) in [6.07, 6.45) is 3.47. The van der Waals surface area contributed by atoms with Crippen LogP contribution in [0.4, 0.5) is 0 Å². The number of hydrazone groups is 1. The van der Waals surface area contributed by atoms with Crippen molar-refractivity contribution in [3.63, 3.8) is 0 Å². The Balaban J connectivity index is 2.72. The first kappa shape index (κ1) is 13.5. The molecule has 3 heteroatoms. The summed E-state index contributed by atoms with van der Waals surface area (Å²) in [5.41, 5.74) is 1.46. The zero-order chi connectivity index (χ0) is 12.2. The Labute approximate surface area is 99.9 Å². The van der Waals surface area contributed by atoms with E-state index in [2.05, 4.69) is 32.7 Å². The quantitative estimate of drug-likeness (QED) is 0.689. The van der Waals surface area contributed by atoms with E-state index in [1.54, 1.807) is 7.11 Å². The molecular formula is C13H26N2O. The van der Waals surface area contributed by atoms with E-state index in [1.165, 1.54) is 18.6 Å². The molecule has 94 valence electrons. The molecule has 0 unspecified atom stereocenters. The van der Waals surface area contributed by atoms with Gasteiger partial charge in [0.25, 0.3) is 0 Å². The van der Waals surface area contributed by atoms with Crippen LogP contribution in [0.5, 0.6) is 0 Å². The van der Waals surface area contributed by atoms with Crippen LogP contribution in [0.25, 0.3) is 0 Å². The Morgan fingerprint density at radius 2 is 2.12 bits per heavy atom. The third-order valence-corrected chi connectivity index (χ3v) is 3.15. The average Bonchev–Trinajstić information content (AvgIpc) is 2.60. The summed E-state index contributed by atoms with van der Waals surface area (Å²) in [5.74, 6) is 0. The van der Waals surface area contributed by atoms with Crippen molar-refractivity contribution in [2.75, 3.05) is 20.3 Å². The number of nitrogens with zero attached hydrogens (tertiary/aromatic N) is 2. The van der Waals surface area contributed by atoms with E-state index >= 15 is 0 Å². The average molecular weight is 226 g/mol. The van der Waals surface area contributed by atoms with Crippen molar-refractivity contribution in [3.8, 4) is 0 Å². The minimum atomic E-state index is 0.176. The van der Waals surface area contributed by atoms with Gasteiger partial charge in [-0.05, 0) is 19.3 Å². The second-order valence-electron chi connectivity index (χ2n) is 5.56. The minimum Gasteiger partial charge on any atom is -0.382 e. The summed E-state index contributed by atoms with van der Waals surface area (Å²) in [6.45, 7) is 10.8. The van der Waals surface area contributed by atoms with Gasteiger partial charge in [0.15, 0.2) is 0 Å². The maximum atomic E-state index is 5.25. The molecule has 3 nitrogen and oxygen atoms in total. The van der Waals surface area contributed by atoms with Crippen LogP contribution in [0.1, 0.15) is 47.0 Å². The molecule has 1 heterocycles. The molecule has 0 spiro atoms. The normalized spacial score (nSPS) is 22.9. The molecule has 1 rings (SSSR count). The molecule has 0 aromatic carbocycles. The fraction of sp³-hybridized carbons (Fsp3) is 0.923. The first-order valence-electron chi connectivity index (χ1n) is 6.32. The molecule has 1 atom stereocenters. The lowest BCUT2D eigenvalue weighted by molar-refractivity contribution is 0.117. The van der Waals surface area contributed by atoms with Gasteiger partial charge in [-0.3, -0.25) is 5.01 Å². The summed E-state index contributed by atoms with van der Waals surface area (Å²) >= 11 is 0. The third kappa shape index (κ3) is 3.48. The first-order chi connectivity index (χ1) is 7.49. The van der Waals surface area contributed by atoms with Crippen molar-refractivity contribution < 1.29 is 4.74 Å². The first-order valence-corrected chi connectivity index (χ1v) is 6.32. The van der Waals surface area contributed by atoms with Gasteiger partial charge in [-0.25, -0.2) is 0 Å². The summed E-state index contributed by atoms with van der Waals surface area (Å²) in [6, 6.07) is 0.480. The van der Waals surface area contributed by atoms with Gasteiger partial charge in [0.1, 0.15) is 0 Å². The molecule has 1 aliphatic rings. The maximum absolute atomic E-state index is 5.25. The van der Waals surface area contributed by atoms with Gasteiger partial charge in [-0.2, -0.15) is 5.10 Å². The smallest absolute Gasteiger partial charge is 0.0704 e. The topological polar surface area (TPSA) is 24.8 Å². The highest BCUT2D eigenvalue weighted by Crippen LogP contribution is 2.23. The predicted molar refractivity (Wildman–Crippen MR) is 68.8 cm³/mol. The minimum absolute atomic E-state index is 0.176. The van der Waals surface area contributed by atoms with E-state index in [1.807, 2.05) is 0 Å². The van der Waals surface area contributed by atoms with Crippen molar-refractivity contribution in [3.05, 3.63) is 0 Å².